The summed E-state index contributed by atoms with van der Waals surface area (Å²) < 4.78 is 5.80. The second kappa shape index (κ2) is 10.9. The number of aliphatic imine (C=N–C) groups is 1. The van der Waals surface area contributed by atoms with Crippen LogP contribution in [0.2, 0.25) is 0 Å². The van der Waals surface area contributed by atoms with Crippen LogP contribution < -0.4 is 15.5 Å². The molecule has 1 atom stereocenters. The standard InChI is InChI=1S/C19H32N4O.HI/c1-19(12-6-14-24-19)15-22-18(20-2)21-13-5-7-16-8-10-17(11-9-16)23(3)4;/h8-11H,5-7,12-15H2,1-4H3,(H2,20,21,22);1H. The molecule has 0 saturated carbocycles. The van der Waals surface area contributed by atoms with E-state index in [0.717, 1.165) is 51.3 Å². The van der Waals surface area contributed by atoms with Gasteiger partial charge in [0, 0.05) is 46.5 Å². The Balaban J connectivity index is 0.00000312. The fourth-order valence-electron chi connectivity index (χ4n) is 2.93. The average Bonchev–Trinajstić information content (AvgIpc) is 3.01. The molecule has 6 heteroatoms. The summed E-state index contributed by atoms with van der Waals surface area (Å²) in [7, 11) is 5.94. The van der Waals surface area contributed by atoms with Crippen molar-refractivity contribution in [3.8, 4) is 0 Å². The van der Waals surface area contributed by atoms with Gasteiger partial charge in [0.2, 0.25) is 0 Å². The van der Waals surface area contributed by atoms with Gasteiger partial charge in [-0.15, -0.1) is 24.0 Å². The summed E-state index contributed by atoms with van der Waals surface area (Å²) in [5.41, 5.74) is 2.56. The third-order valence-corrected chi connectivity index (χ3v) is 4.54. The van der Waals surface area contributed by atoms with Crippen LogP contribution in [0.25, 0.3) is 0 Å². The predicted octanol–water partition coefficient (Wildman–Crippen LogP) is 3.04. The van der Waals surface area contributed by atoms with Gasteiger partial charge in [0.1, 0.15) is 0 Å². The molecular weight excluding hydrogens is 427 g/mol. The van der Waals surface area contributed by atoms with Crippen LogP contribution in [0.1, 0.15) is 31.7 Å². The zero-order chi connectivity index (χ0) is 17.4. The molecule has 1 fully saturated rings. The monoisotopic (exact) mass is 460 g/mol. The lowest BCUT2D eigenvalue weighted by molar-refractivity contribution is 0.0243. The normalized spacial score (nSPS) is 20.1. The molecule has 0 spiro atoms. The molecule has 1 aromatic carbocycles. The van der Waals surface area contributed by atoms with Gasteiger partial charge in [0.05, 0.1) is 5.60 Å². The van der Waals surface area contributed by atoms with Crippen molar-refractivity contribution in [3.05, 3.63) is 29.8 Å². The van der Waals surface area contributed by atoms with E-state index >= 15 is 0 Å². The number of anilines is 1. The molecule has 25 heavy (non-hydrogen) atoms. The molecular formula is C19H33IN4O. The minimum absolute atomic E-state index is 0. The molecule has 2 rings (SSSR count). The molecule has 1 saturated heterocycles. The minimum atomic E-state index is -0.0498. The van der Waals surface area contributed by atoms with E-state index in [4.69, 9.17) is 4.74 Å². The number of rotatable bonds is 7. The zero-order valence-electron chi connectivity index (χ0n) is 16.0. The number of benzene rings is 1. The summed E-state index contributed by atoms with van der Waals surface area (Å²) in [5.74, 6) is 0.856. The fourth-order valence-corrected chi connectivity index (χ4v) is 2.93. The van der Waals surface area contributed by atoms with Crippen LogP contribution in [0.15, 0.2) is 29.3 Å². The maximum atomic E-state index is 5.80. The molecule has 1 aliphatic heterocycles. The number of hydrogen-bond donors (Lipinski definition) is 2. The minimum Gasteiger partial charge on any atom is -0.378 e. The van der Waals surface area contributed by atoms with Crippen molar-refractivity contribution in [3.63, 3.8) is 0 Å². The van der Waals surface area contributed by atoms with Crippen LogP contribution in [0.5, 0.6) is 0 Å². The van der Waals surface area contributed by atoms with E-state index in [-0.39, 0.29) is 29.6 Å². The molecule has 1 aliphatic rings. The van der Waals surface area contributed by atoms with Crippen molar-refractivity contribution in [1.29, 1.82) is 0 Å². The lowest BCUT2D eigenvalue weighted by Gasteiger charge is -2.24. The van der Waals surface area contributed by atoms with Crippen LogP contribution >= 0.6 is 24.0 Å². The number of guanidine groups is 1. The van der Waals surface area contributed by atoms with Gasteiger partial charge in [-0.2, -0.15) is 0 Å². The first-order valence-electron chi connectivity index (χ1n) is 8.87. The van der Waals surface area contributed by atoms with Crippen LogP contribution in [0, 0.1) is 0 Å². The highest BCUT2D eigenvalue weighted by atomic mass is 127. The fraction of sp³-hybridized carbons (Fsp3) is 0.632. The third kappa shape index (κ3) is 7.40. The molecule has 0 amide bonds. The molecule has 0 radical (unpaired) electrons. The SMILES string of the molecule is CN=C(NCCCc1ccc(N(C)C)cc1)NCC1(C)CCCO1.I. The van der Waals surface area contributed by atoms with Crippen LogP contribution in [-0.2, 0) is 11.2 Å². The number of nitrogens with zero attached hydrogens (tertiary/aromatic N) is 2. The topological polar surface area (TPSA) is 48.9 Å². The van der Waals surface area contributed by atoms with Crippen LogP contribution in [-0.4, -0.2) is 52.4 Å². The first-order valence-corrected chi connectivity index (χ1v) is 8.87. The second-order valence-electron chi connectivity index (χ2n) is 6.92. The van der Waals surface area contributed by atoms with Gasteiger partial charge in [-0.3, -0.25) is 4.99 Å². The molecule has 5 nitrogen and oxygen atoms in total. The van der Waals surface area contributed by atoms with Gasteiger partial charge in [-0.05, 0) is 50.3 Å². The maximum absolute atomic E-state index is 5.80. The smallest absolute Gasteiger partial charge is 0.191 e. The van der Waals surface area contributed by atoms with E-state index < -0.39 is 0 Å². The van der Waals surface area contributed by atoms with Crippen molar-refractivity contribution in [2.24, 2.45) is 4.99 Å². The van der Waals surface area contributed by atoms with Crippen molar-refractivity contribution in [1.82, 2.24) is 10.6 Å². The zero-order valence-corrected chi connectivity index (χ0v) is 18.3. The van der Waals surface area contributed by atoms with E-state index in [2.05, 4.69) is 65.8 Å². The van der Waals surface area contributed by atoms with Gasteiger partial charge in [0.15, 0.2) is 5.96 Å². The van der Waals surface area contributed by atoms with Gasteiger partial charge in [-0.1, -0.05) is 12.1 Å². The summed E-state index contributed by atoms with van der Waals surface area (Å²) in [5, 5.41) is 6.76. The number of aryl methyl sites for hydroxylation is 1. The summed E-state index contributed by atoms with van der Waals surface area (Å²) >= 11 is 0. The summed E-state index contributed by atoms with van der Waals surface area (Å²) in [6.07, 6.45) is 4.41. The van der Waals surface area contributed by atoms with E-state index in [1.807, 2.05) is 7.05 Å². The van der Waals surface area contributed by atoms with Gasteiger partial charge in [0.25, 0.3) is 0 Å². The first-order chi connectivity index (χ1) is 11.5. The molecule has 2 N–H and O–H groups in total. The average molecular weight is 460 g/mol. The Morgan fingerprint density at radius 3 is 2.52 bits per heavy atom. The summed E-state index contributed by atoms with van der Waals surface area (Å²) in [6.45, 7) is 4.75. The Morgan fingerprint density at radius 2 is 1.96 bits per heavy atom. The maximum Gasteiger partial charge on any atom is 0.191 e. The number of hydrogen-bond acceptors (Lipinski definition) is 3. The van der Waals surface area contributed by atoms with Crippen molar-refractivity contribution in [2.75, 3.05) is 45.7 Å². The Hall–Kier alpha value is -1.02. The third-order valence-electron chi connectivity index (χ3n) is 4.54. The molecule has 1 heterocycles. The van der Waals surface area contributed by atoms with Crippen molar-refractivity contribution in [2.45, 2.75) is 38.2 Å². The molecule has 1 unspecified atom stereocenters. The summed E-state index contributed by atoms with van der Waals surface area (Å²) in [4.78, 5) is 6.41. The number of nitrogens with one attached hydrogen (secondary N) is 2. The van der Waals surface area contributed by atoms with Crippen LogP contribution in [0.3, 0.4) is 0 Å². The Labute approximate surface area is 169 Å². The second-order valence-corrected chi connectivity index (χ2v) is 6.92. The largest absolute Gasteiger partial charge is 0.378 e. The predicted molar refractivity (Wildman–Crippen MR) is 117 cm³/mol. The molecule has 142 valence electrons. The highest BCUT2D eigenvalue weighted by Crippen LogP contribution is 2.23. The first kappa shape index (κ1) is 22.0. The number of halogens is 1. The van der Waals surface area contributed by atoms with Crippen LogP contribution in [0.4, 0.5) is 5.69 Å². The van der Waals surface area contributed by atoms with Crippen molar-refractivity contribution < 1.29 is 4.74 Å². The van der Waals surface area contributed by atoms with Crippen molar-refractivity contribution >= 4 is 35.6 Å². The highest BCUT2D eigenvalue weighted by Gasteiger charge is 2.29. The Morgan fingerprint density at radius 1 is 1.24 bits per heavy atom. The number of ether oxygens (including phenoxy) is 1. The Bertz CT molecular complexity index is 525. The quantitative estimate of drug-likeness (QED) is 0.284. The lowest BCUT2D eigenvalue weighted by atomic mass is 10.0. The molecule has 0 bridgehead atoms. The molecule has 0 aliphatic carbocycles. The summed E-state index contributed by atoms with van der Waals surface area (Å²) in [6, 6.07) is 8.76. The van der Waals surface area contributed by atoms with Gasteiger partial charge >= 0.3 is 0 Å². The molecule has 0 aromatic heterocycles. The van der Waals surface area contributed by atoms with E-state index in [9.17, 15) is 0 Å². The van der Waals surface area contributed by atoms with E-state index in [0.29, 0.717) is 0 Å². The van der Waals surface area contributed by atoms with E-state index in [1.165, 1.54) is 11.3 Å². The Kier molecular flexibility index (Phi) is 9.56. The highest BCUT2D eigenvalue weighted by molar-refractivity contribution is 14.0. The van der Waals surface area contributed by atoms with E-state index in [1.54, 1.807) is 0 Å². The van der Waals surface area contributed by atoms with Gasteiger partial charge < -0.3 is 20.3 Å². The molecule has 1 aromatic rings. The lowest BCUT2D eigenvalue weighted by Crippen LogP contribution is -2.45. The van der Waals surface area contributed by atoms with Gasteiger partial charge in [-0.25, -0.2) is 0 Å².